The van der Waals surface area contributed by atoms with E-state index in [0.717, 1.165) is 34.0 Å². The summed E-state index contributed by atoms with van der Waals surface area (Å²) >= 11 is 3.36. The lowest BCUT2D eigenvalue weighted by Crippen LogP contribution is -2.35. The number of thioether (sulfide) groups is 1. The first-order chi connectivity index (χ1) is 14.6. The van der Waals surface area contributed by atoms with E-state index >= 15 is 0 Å². The maximum absolute atomic E-state index is 13.1. The quantitative estimate of drug-likeness (QED) is 0.396. The molecular weight excluding hydrogens is 414 g/mol. The Kier molecular flexibility index (Phi) is 5.52. The number of furan rings is 1. The largest absolute Gasteiger partial charge is 0.468 e. The molecule has 0 aromatic carbocycles. The maximum atomic E-state index is 13.1. The van der Waals surface area contributed by atoms with Gasteiger partial charge in [0.15, 0.2) is 5.78 Å². The third-order valence-electron chi connectivity index (χ3n) is 6.19. The number of carbonyl (C=O) groups excluding carboxylic acids is 1. The number of hydrogen-bond acceptors (Lipinski definition) is 7. The van der Waals surface area contributed by atoms with Crippen molar-refractivity contribution in [3.8, 4) is 0 Å². The third-order valence-corrected chi connectivity index (χ3v) is 8.38. The fraction of sp³-hybridized carbons (Fsp3) is 0.435. The molecule has 0 amide bonds. The summed E-state index contributed by atoms with van der Waals surface area (Å²) in [6, 6.07) is 4.18. The molecule has 0 fully saturated rings. The van der Waals surface area contributed by atoms with E-state index in [9.17, 15) is 4.79 Å². The standard InChI is InChI=1S/C23H25N3O2S2/c1-14-10-18(15(2)26(14)11-16-6-5-9-28-16)19(27)12-29-22-21-17-7-3-4-8-20(17)30-23(21)25-13-24-22/h5-6,9-10,13-15H,3-4,7-8,11-12H2,1-2H3. The Morgan fingerprint density at radius 1 is 1.30 bits per heavy atom. The van der Waals surface area contributed by atoms with Crippen LogP contribution in [0.5, 0.6) is 0 Å². The normalized spacial score (nSPS) is 21.7. The Morgan fingerprint density at radius 2 is 2.17 bits per heavy atom. The predicted octanol–water partition coefficient (Wildman–Crippen LogP) is 5.04. The van der Waals surface area contributed by atoms with Crippen molar-refractivity contribution < 1.29 is 9.21 Å². The van der Waals surface area contributed by atoms with Crippen LogP contribution in [0.1, 0.15) is 42.9 Å². The van der Waals surface area contributed by atoms with Gasteiger partial charge < -0.3 is 4.42 Å². The number of thiophene rings is 1. The van der Waals surface area contributed by atoms with E-state index in [1.807, 2.05) is 12.1 Å². The van der Waals surface area contributed by atoms with E-state index in [0.29, 0.717) is 12.3 Å². The average Bonchev–Trinajstić information content (AvgIpc) is 3.46. The fourth-order valence-corrected chi connectivity index (χ4v) is 6.82. The van der Waals surface area contributed by atoms with Crippen LogP contribution in [-0.4, -0.2) is 38.5 Å². The number of hydrogen-bond donors (Lipinski definition) is 0. The van der Waals surface area contributed by atoms with Crippen LogP contribution in [0.25, 0.3) is 10.2 Å². The van der Waals surface area contributed by atoms with Crippen molar-refractivity contribution in [2.45, 2.75) is 63.2 Å². The lowest BCUT2D eigenvalue weighted by Gasteiger charge is -2.26. The van der Waals surface area contributed by atoms with Gasteiger partial charge in [0.05, 0.1) is 18.6 Å². The number of aromatic nitrogens is 2. The highest BCUT2D eigenvalue weighted by Crippen LogP contribution is 2.39. The van der Waals surface area contributed by atoms with Crippen LogP contribution in [-0.2, 0) is 24.2 Å². The molecule has 2 unspecified atom stereocenters. The van der Waals surface area contributed by atoms with Crippen molar-refractivity contribution in [2.24, 2.45) is 0 Å². The molecule has 0 saturated carbocycles. The Bertz CT molecular complexity index is 1100. The van der Waals surface area contributed by atoms with Gasteiger partial charge in [-0.2, -0.15) is 0 Å². The first-order valence-corrected chi connectivity index (χ1v) is 12.3. The highest BCUT2D eigenvalue weighted by Gasteiger charge is 2.33. The van der Waals surface area contributed by atoms with Crippen LogP contribution in [0.2, 0.25) is 0 Å². The summed E-state index contributed by atoms with van der Waals surface area (Å²) in [7, 11) is 0. The van der Waals surface area contributed by atoms with Gasteiger partial charge in [0.25, 0.3) is 0 Å². The van der Waals surface area contributed by atoms with E-state index in [2.05, 4.69) is 34.8 Å². The second kappa shape index (κ2) is 8.29. The molecule has 2 atom stereocenters. The summed E-state index contributed by atoms with van der Waals surface area (Å²) in [5.74, 6) is 1.53. The monoisotopic (exact) mass is 439 g/mol. The highest BCUT2D eigenvalue weighted by atomic mass is 32.2. The zero-order valence-corrected chi connectivity index (χ0v) is 18.9. The molecule has 1 aliphatic heterocycles. The molecule has 30 heavy (non-hydrogen) atoms. The number of ketones is 1. The molecule has 3 aromatic rings. The summed E-state index contributed by atoms with van der Waals surface area (Å²) in [5.41, 5.74) is 2.32. The molecule has 0 radical (unpaired) electrons. The van der Waals surface area contributed by atoms with Crippen molar-refractivity contribution in [1.29, 1.82) is 0 Å². The van der Waals surface area contributed by atoms with Gasteiger partial charge in [0.2, 0.25) is 0 Å². The van der Waals surface area contributed by atoms with Gasteiger partial charge in [-0.15, -0.1) is 11.3 Å². The minimum absolute atomic E-state index is 0.0810. The summed E-state index contributed by atoms with van der Waals surface area (Å²) in [6.45, 7) is 4.96. The van der Waals surface area contributed by atoms with Crippen molar-refractivity contribution in [1.82, 2.24) is 14.9 Å². The second-order valence-electron chi connectivity index (χ2n) is 8.07. The number of Topliss-reactive ketones (excluding diaryl/α,β-unsaturated/α-hetero) is 1. The summed E-state index contributed by atoms with van der Waals surface area (Å²) in [6.07, 6.45) is 10.2. The smallest absolute Gasteiger partial charge is 0.170 e. The average molecular weight is 440 g/mol. The van der Waals surface area contributed by atoms with E-state index in [1.54, 1.807) is 35.7 Å². The van der Waals surface area contributed by atoms with Crippen molar-refractivity contribution in [2.75, 3.05) is 5.75 Å². The van der Waals surface area contributed by atoms with Crippen LogP contribution >= 0.6 is 23.1 Å². The molecule has 5 rings (SSSR count). The van der Waals surface area contributed by atoms with Crippen LogP contribution < -0.4 is 0 Å². The van der Waals surface area contributed by atoms with Gasteiger partial charge >= 0.3 is 0 Å². The number of rotatable bonds is 6. The fourth-order valence-electron chi connectivity index (χ4n) is 4.60. The molecule has 3 aromatic heterocycles. The molecule has 7 heteroatoms. The first kappa shape index (κ1) is 20.0. The first-order valence-electron chi connectivity index (χ1n) is 10.5. The number of carbonyl (C=O) groups is 1. The number of fused-ring (bicyclic) bond motifs is 3. The third kappa shape index (κ3) is 3.63. The molecule has 4 heterocycles. The lowest BCUT2D eigenvalue weighted by molar-refractivity contribution is -0.113. The molecule has 1 aliphatic carbocycles. The van der Waals surface area contributed by atoms with Gasteiger partial charge in [-0.25, -0.2) is 9.97 Å². The topological polar surface area (TPSA) is 59.2 Å². The van der Waals surface area contributed by atoms with Gasteiger partial charge in [0, 0.05) is 27.9 Å². The number of nitrogens with zero attached hydrogens (tertiary/aromatic N) is 3. The summed E-state index contributed by atoms with van der Waals surface area (Å²) < 4.78 is 5.50. The summed E-state index contributed by atoms with van der Waals surface area (Å²) in [5, 5.41) is 2.15. The molecule has 2 aliphatic rings. The molecule has 0 N–H and O–H groups in total. The van der Waals surface area contributed by atoms with E-state index in [1.165, 1.54) is 28.7 Å². The second-order valence-corrected chi connectivity index (χ2v) is 10.1. The molecular formula is C23H25N3O2S2. The van der Waals surface area contributed by atoms with Crippen LogP contribution in [0.15, 0.2) is 45.8 Å². The lowest BCUT2D eigenvalue weighted by atomic mass is 9.97. The van der Waals surface area contributed by atoms with Gasteiger partial charge in [-0.3, -0.25) is 9.69 Å². The zero-order valence-electron chi connectivity index (χ0n) is 17.3. The van der Waals surface area contributed by atoms with Crippen molar-refractivity contribution in [3.63, 3.8) is 0 Å². The van der Waals surface area contributed by atoms with Crippen LogP contribution in [0.4, 0.5) is 0 Å². The maximum Gasteiger partial charge on any atom is 0.170 e. The van der Waals surface area contributed by atoms with Crippen molar-refractivity contribution in [3.05, 3.63) is 52.6 Å². The summed E-state index contributed by atoms with van der Waals surface area (Å²) in [4.78, 5) is 27.0. The Hall–Kier alpha value is -1.96. The molecule has 0 saturated heterocycles. The highest BCUT2D eigenvalue weighted by molar-refractivity contribution is 8.00. The van der Waals surface area contributed by atoms with E-state index < -0.39 is 0 Å². The SMILES string of the molecule is CC1C=C(C(=O)CSc2ncnc3sc4c(c23)CCCC4)C(C)N1Cc1ccco1. The minimum Gasteiger partial charge on any atom is -0.468 e. The Labute approximate surface area is 184 Å². The predicted molar refractivity (Wildman–Crippen MR) is 121 cm³/mol. The molecule has 0 bridgehead atoms. The van der Waals surface area contributed by atoms with Crippen molar-refractivity contribution >= 4 is 39.1 Å². The van der Waals surface area contributed by atoms with Crippen LogP contribution in [0.3, 0.4) is 0 Å². The Morgan fingerprint density at radius 3 is 3.00 bits per heavy atom. The van der Waals surface area contributed by atoms with Crippen LogP contribution in [0, 0.1) is 0 Å². The van der Waals surface area contributed by atoms with E-state index in [-0.39, 0.29) is 17.9 Å². The van der Waals surface area contributed by atoms with Gasteiger partial charge in [-0.05, 0) is 57.2 Å². The molecule has 0 spiro atoms. The van der Waals surface area contributed by atoms with Gasteiger partial charge in [0.1, 0.15) is 21.9 Å². The Balaban J connectivity index is 1.31. The van der Waals surface area contributed by atoms with E-state index in [4.69, 9.17) is 4.42 Å². The minimum atomic E-state index is 0.0810. The molecule has 5 nitrogen and oxygen atoms in total. The van der Waals surface area contributed by atoms with Gasteiger partial charge in [-0.1, -0.05) is 17.8 Å². The zero-order chi connectivity index (χ0) is 20.7. The molecule has 156 valence electrons. The number of aryl methyl sites for hydroxylation is 2.